The van der Waals surface area contributed by atoms with Crippen molar-refractivity contribution in [2.75, 3.05) is 19.6 Å². The fourth-order valence-corrected chi connectivity index (χ4v) is 5.95. The van der Waals surface area contributed by atoms with E-state index in [4.69, 9.17) is 0 Å². The number of carbonyl (C=O) groups is 1. The predicted octanol–water partition coefficient (Wildman–Crippen LogP) is 4.91. The molecular formula is C24H34F3N3O. The second-order valence-corrected chi connectivity index (χ2v) is 10.3. The van der Waals surface area contributed by atoms with Crippen LogP contribution in [0, 0.1) is 17.3 Å². The number of carbonyl (C=O) groups excluding carboxylic acids is 1. The van der Waals surface area contributed by atoms with Gasteiger partial charge in [-0.05, 0) is 62.1 Å². The maximum atomic E-state index is 13.8. The first-order valence-corrected chi connectivity index (χ1v) is 11.7. The Hall–Kier alpha value is -1.63. The van der Waals surface area contributed by atoms with Gasteiger partial charge in [0.25, 0.3) is 0 Å². The number of nitrogens with zero attached hydrogens (tertiary/aromatic N) is 3. The minimum absolute atomic E-state index is 0.123. The van der Waals surface area contributed by atoms with E-state index < -0.39 is 17.2 Å². The third kappa shape index (κ3) is 4.35. The van der Waals surface area contributed by atoms with E-state index in [2.05, 4.69) is 30.7 Å². The van der Waals surface area contributed by atoms with Crippen LogP contribution in [-0.4, -0.2) is 46.4 Å². The summed E-state index contributed by atoms with van der Waals surface area (Å²) in [7, 11) is 0. The highest BCUT2D eigenvalue weighted by molar-refractivity contribution is 5.83. The van der Waals surface area contributed by atoms with E-state index in [1.165, 1.54) is 18.9 Å². The molecule has 7 heteroatoms. The number of fused-ring (bicyclic) bond motifs is 1. The molecule has 172 valence electrons. The van der Waals surface area contributed by atoms with Crippen molar-refractivity contribution in [2.45, 2.75) is 78.1 Å². The Labute approximate surface area is 183 Å². The Morgan fingerprint density at radius 2 is 2.03 bits per heavy atom. The van der Waals surface area contributed by atoms with Crippen LogP contribution in [0.1, 0.15) is 69.7 Å². The van der Waals surface area contributed by atoms with Crippen molar-refractivity contribution >= 4 is 5.91 Å². The molecule has 4 rings (SSSR count). The van der Waals surface area contributed by atoms with Gasteiger partial charge in [0.15, 0.2) is 0 Å². The number of pyridine rings is 1. The Balaban J connectivity index is 1.52. The van der Waals surface area contributed by atoms with Crippen LogP contribution in [0.25, 0.3) is 0 Å². The number of hydrogen-bond donors (Lipinski definition) is 0. The van der Waals surface area contributed by atoms with Crippen LogP contribution in [-0.2, 0) is 23.9 Å². The standard InChI is InChI=1S/C24H34F3N3O/c1-16(2)23(8-6-20(12-23)29-9-4-5-17(3)14-29)22(31)30-10-7-21-18(15-30)11-19(13-28-21)24(25,26)27/h11,13,16-17,20H,4-10,12,14-15H2,1-3H3/t17?,20?,23-/m0/s1. The molecule has 3 atom stereocenters. The second kappa shape index (κ2) is 8.38. The molecule has 2 aliphatic heterocycles. The maximum absolute atomic E-state index is 13.8. The predicted molar refractivity (Wildman–Crippen MR) is 113 cm³/mol. The molecular weight excluding hydrogens is 403 g/mol. The number of likely N-dealkylation sites (tertiary alicyclic amines) is 1. The minimum Gasteiger partial charge on any atom is -0.337 e. The summed E-state index contributed by atoms with van der Waals surface area (Å²) in [5, 5.41) is 0. The van der Waals surface area contributed by atoms with Crippen LogP contribution in [0.3, 0.4) is 0 Å². The van der Waals surface area contributed by atoms with E-state index in [-0.39, 0.29) is 18.4 Å². The SMILES string of the molecule is CC1CCCN(C2CC[C@@](C(=O)N3CCc4ncc(C(F)(F)F)cc4C3)(C(C)C)C2)C1. The fraction of sp³-hybridized carbons (Fsp3) is 0.750. The molecule has 4 nitrogen and oxygen atoms in total. The number of rotatable bonds is 3. The molecule has 0 aromatic carbocycles. The van der Waals surface area contributed by atoms with Crippen molar-refractivity contribution in [2.24, 2.45) is 17.3 Å². The lowest BCUT2D eigenvalue weighted by molar-refractivity contribution is -0.146. The third-order valence-electron chi connectivity index (χ3n) is 7.91. The zero-order valence-corrected chi connectivity index (χ0v) is 18.8. The first-order valence-electron chi connectivity index (χ1n) is 11.7. The highest BCUT2D eigenvalue weighted by Gasteiger charge is 2.51. The summed E-state index contributed by atoms with van der Waals surface area (Å²) in [4.78, 5) is 22.2. The van der Waals surface area contributed by atoms with Gasteiger partial charge in [-0.3, -0.25) is 9.78 Å². The Kier molecular flexibility index (Phi) is 6.10. The molecule has 3 aliphatic rings. The van der Waals surface area contributed by atoms with E-state index in [9.17, 15) is 18.0 Å². The number of halogens is 3. The van der Waals surface area contributed by atoms with Crippen LogP contribution in [0.2, 0.25) is 0 Å². The molecule has 3 heterocycles. The zero-order chi connectivity index (χ0) is 22.4. The van der Waals surface area contributed by atoms with Crippen LogP contribution in [0.5, 0.6) is 0 Å². The molecule has 1 saturated heterocycles. The van der Waals surface area contributed by atoms with Crippen molar-refractivity contribution < 1.29 is 18.0 Å². The van der Waals surface area contributed by atoms with E-state index in [1.54, 1.807) is 4.90 Å². The largest absolute Gasteiger partial charge is 0.417 e. The van der Waals surface area contributed by atoms with Gasteiger partial charge in [0.2, 0.25) is 5.91 Å². The Morgan fingerprint density at radius 1 is 1.26 bits per heavy atom. The van der Waals surface area contributed by atoms with Crippen molar-refractivity contribution in [3.8, 4) is 0 Å². The molecule has 31 heavy (non-hydrogen) atoms. The van der Waals surface area contributed by atoms with E-state index in [1.807, 2.05) is 0 Å². The summed E-state index contributed by atoms with van der Waals surface area (Å²) in [6.07, 6.45) is 2.26. The molecule has 0 spiro atoms. The summed E-state index contributed by atoms with van der Waals surface area (Å²) >= 11 is 0. The summed E-state index contributed by atoms with van der Waals surface area (Å²) in [5.74, 6) is 1.03. The summed E-state index contributed by atoms with van der Waals surface area (Å²) < 4.78 is 39.4. The Morgan fingerprint density at radius 3 is 2.71 bits per heavy atom. The van der Waals surface area contributed by atoms with Gasteiger partial charge in [-0.15, -0.1) is 0 Å². The topological polar surface area (TPSA) is 36.4 Å². The van der Waals surface area contributed by atoms with Crippen LogP contribution >= 0.6 is 0 Å². The highest BCUT2D eigenvalue weighted by atomic mass is 19.4. The van der Waals surface area contributed by atoms with Gasteiger partial charge >= 0.3 is 6.18 Å². The zero-order valence-electron chi connectivity index (χ0n) is 18.8. The van der Waals surface area contributed by atoms with E-state index in [0.29, 0.717) is 36.2 Å². The lowest BCUT2D eigenvalue weighted by Crippen LogP contribution is -2.49. The van der Waals surface area contributed by atoms with Gasteiger partial charge in [0.05, 0.1) is 11.0 Å². The van der Waals surface area contributed by atoms with Gasteiger partial charge in [-0.2, -0.15) is 13.2 Å². The van der Waals surface area contributed by atoms with Crippen LogP contribution in [0.4, 0.5) is 13.2 Å². The molecule has 1 aromatic heterocycles. The average Bonchev–Trinajstić information content (AvgIpc) is 3.19. The quantitative estimate of drug-likeness (QED) is 0.674. The normalized spacial score (nSPS) is 30.0. The molecule has 1 amide bonds. The second-order valence-electron chi connectivity index (χ2n) is 10.3. The van der Waals surface area contributed by atoms with Gasteiger partial charge < -0.3 is 9.80 Å². The minimum atomic E-state index is -4.42. The number of amides is 1. The molecule has 2 unspecified atom stereocenters. The number of alkyl halides is 3. The monoisotopic (exact) mass is 437 g/mol. The van der Waals surface area contributed by atoms with Gasteiger partial charge in [0, 0.05) is 44.0 Å². The number of hydrogen-bond acceptors (Lipinski definition) is 3. The van der Waals surface area contributed by atoms with Crippen LogP contribution in [0.15, 0.2) is 12.3 Å². The fourth-order valence-electron chi connectivity index (χ4n) is 5.95. The molecule has 1 saturated carbocycles. The lowest BCUT2D eigenvalue weighted by atomic mass is 9.73. The van der Waals surface area contributed by atoms with Gasteiger partial charge in [-0.1, -0.05) is 20.8 Å². The van der Waals surface area contributed by atoms with Crippen molar-refractivity contribution in [3.05, 3.63) is 29.1 Å². The summed E-state index contributed by atoms with van der Waals surface area (Å²) in [5.41, 5.74) is 0.0621. The smallest absolute Gasteiger partial charge is 0.337 e. The van der Waals surface area contributed by atoms with E-state index >= 15 is 0 Å². The molecule has 0 N–H and O–H groups in total. The molecule has 0 bridgehead atoms. The van der Waals surface area contributed by atoms with Crippen molar-refractivity contribution in [1.82, 2.24) is 14.8 Å². The first kappa shape index (κ1) is 22.6. The molecule has 0 radical (unpaired) electrons. The lowest BCUT2D eigenvalue weighted by Gasteiger charge is -2.41. The van der Waals surface area contributed by atoms with Crippen LogP contribution < -0.4 is 0 Å². The summed E-state index contributed by atoms with van der Waals surface area (Å²) in [6, 6.07) is 1.61. The van der Waals surface area contributed by atoms with Gasteiger partial charge in [0.1, 0.15) is 0 Å². The maximum Gasteiger partial charge on any atom is 0.417 e. The molecule has 1 aliphatic carbocycles. The first-order chi connectivity index (χ1) is 14.6. The molecule has 1 aromatic rings. The third-order valence-corrected chi connectivity index (χ3v) is 7.91. The van der Waals surface area contributed by atoms with Crippen molar-refractivity contribution in [1.29, 1.82) is 0 Å². The average molecular weight is 438 g/mol. The number of piperidine rings is 1. The molecule has 2 fully saturated rings. The summed E-state index contributed by atoms with van der Waals surface area (Å²) in [6.45, 7) is 9.53. The Bertz CT molecular complexity index is 825. The highest BCUT2D eigenvalue weighted by Crippen LogP contribution is 2.48. The number of aromatic nitrogens is 1. The van der Waals surface area contributed by atoms with Crippen molar-refractivity contribution in [3.63, 3.8) is 0 Å². The van der Waals surface area contributed by atoms with E-state index in [0.717, 1.165) is 38.5 Å². The van der Waals surface area contributed by atoms with Gasteiger partial charge in [-0.25, -0.2) is 0 Å².